The van der Waals surface area contributed by atoms with Crippen molar-refractivity contribution in [3.8, 4) is 11.5 Å². The first kappa shape index (κ1) is 17.4. The van der Waals surface area contributed by atoms with E-state index in [1.165, 1.54) is 18.1 Å². The molecular formula is C23H23NO3. The number of carbonyl (C=O) groups is 1. The summed E-state index contributed by atoms with van der Waals surface area (Å²) in [5.41, 5.74) is 3.14. The van der Waals surface area contributed by atoms with Crippen LogP contribution in [0.25, 0.3) is 10.8 Å². The minimum absolute atomic E-state index is 0.0683. The van der Waals surface area contributed by atoms with Gasteiger partial charge in [-0.1, -0.05) is 43.3 Å². The topological polar surface area (TPSA) is 49.8 Å². The van der Waals surface area contributed by atoms with E-state index in [1.807, 2.05) is 29.2 Å². The smallest absolute Gasteiger partial charge is 0.227 e. The number of carbonyl (C=O) groups excluding carboxylic acids is 1. The van der Waals surface area contributed by atoms with Gasteiger partial charge in [0.15, 0.2) is 11.5 Å². The van der Waals surface area contributed by atoms with Crippen LogP contribution in [0.1, 0.15) is 36.8 Å². The Kier molecular flexibility index (Phi) is 4.48. The van der Waals surface area contributed by atoms with Crippen LogP contribution in [0, 0.1) is 0 Å². The van der Waals surface area contributed by atoms with Gasteiger partial charge in [0.2, 0.25) is 5.91 Å². The van der Waals surface area contributed by atoms with E-state index >= 15 is 0 Å². The molecule has 4 heteroatoms. The number of hydrogen-bond acceptors (Lipinski definition) is 3. The Morgan fingerprint density at radius 1 is 1.15 bits per heavy atom. The van der Waals surface area contributed by atoms with Crippen molar-refractivity contribution in [2.75, 3.05) is 18.6 Å². The highest BCUT2D eigenvalue weighted by Gasteiger charge is 2.33. The van der Waals surface area contributed by atoms with Gasteiger partial charge < -0.3 is 14.7 Å². The second kappa shape index (κ2) is 6.95. The molecule has 3 aromatic carbocycles. The van der Waals surface area contributed by atoms with Crippen LogP contribution in [-0.2, 0) is 4.79 Å². The van der Waals surface area contributed by atoms with Crippen LogP contribution in [-0.4, -0.2) is 24.7 Å². The van der Waals surface area contributed by atoms with Gasteiger partial charge in [-0.25, -0.2) is 0 Å². The second-order valence-corrected chi connectivity index (χ2v) is 6.95. The average Bonchev–Trinajstić information content (AvgIpc) is 2.70. The minimum atomic E-state index is -0.0683. The zero-order valence-electron chi connectivity index (χ0n) is 15.6. The van der Waals surface area contributed by atoms with E-state index < -0.39 is 0 Å². The molecule has 0 fully saturated rings. The van der Waals surface area contributed by atoms with Gasteiger partial charge in [0.05, 0.1) is 7.11 Å². The number of rotatable bonds is 4. The molecule has 0 aromatic heterocycles. The average molecular weight is 361 g/mol. The molecular weight excluding hydrogens is 338 g/mol. The van der Waals surface area contributed by atoms with Crippen molar-refractivity contribution >= 4 is 22.4 Å². The lowest BCUT2D eigenvalue weighted by Crippen LogP contribution is -2.37. The first-order valence-corrected chi connectivity index (χ1v) is 9.33. The van der Waals surface area contributed by atoms with E-state index in [-0.39, 0.29) is 17.6 Å². The Morgan fingerprint density at radius 2 is 1.96 bits per heavy atom. The predicted molar refractivity (Wildman–Crippen MR) is 108 cm³/mol. The lowest BCUT2D eigenvalue weighted by Gasteiger charge is -2.35. The van der Waals surface area contributed by atoms with Gasteiger partial charge in [0.25, 0.3) is 0 Å². The number of phenols is 1. The number of amides is 1. The molecule has 0 bridgehead atoms. The van der Waals surface area contributed by atoms with Gasteiger partial charge in [0, 0.05) is 24.6 Å². The van der Waals surface area contributed by atoms with Crippen LogP contribution in [0.3, 0.4) is 0 Å². The number of methoxy groups -OCH3 is 1. The standard InChI is InChI=1S/C23H23NO3/c1-3-12-24-19-10-8-15-6-4-5-7-17(15)23(19)18(14-22(24)26)16-9-11-20(25)21(13-16)27-2/h4-11,13,18,25H,3,12,14H2,1-2H3. The van der Waals surface area contributed by atoms with Crippen molar-refractivity contribution < 1.29 is 14.6 Å². The highest BCUT2D eigenvalue weighted by molar-refractivity contribution is 6.03. The number of ether oxygens (including phenoxy) is 1. The van der Waals surface area contributed by atoms with Crippen LogP contribution in [0.15, 0.2) is 54.6 Å². The molecule has 27 heavy (non-hydrogen) atoms. The van der Waals surface area contributed by atoms with Gasteiger partial charge in [0.1, 0.15) is 0 Å². The van der Waals surface area contributed by atoms with Crippen LogP contribution < -0.4 is 9.64 Å². The van der Waals surface area contributed by atoms with Crippen molar-refractivity contribution in [3.05, 3.63) is 65.7 Å². The van der Waals surface area contributed by atoms with Crippen molar-refractivity contribution in [1.29, 1.82) is 0 Å². The fourth-order valence-corrected chi connectivity index (χ4v) is 4.07. The largest absolute Gasteiger partial charge is 0.504 e. The summed E-state index contributed by atoms with van der Waals surface area (Å²) < 4.78 is 5.29. The van der Waals surface area contributed by atoms with E-state index in [1.54, 1.807) is 6.07 Å². The first-order chi connectivity index (χ1) is 13.1. The van der Waals surface area contributed by atoms with Gasteiger partial charge in [-0.15, -0.1) is 0 Å². The van der Waals surface area contributed by atoms with Gasteiger partial charge in [-0.2, -0.15) is 0 Å². The Balaban J connectivity index is 1.96. The Labute approximate surface area is 159 Å². The third-order valence-electron chi connectivity index (χ3n) is 5.32. The molecule has 1 N–H and O–H groups in total. The molecule has 0 saturated carbocycles. The summed E-state index contributed by atoms with van der Waals surface area (Å²) in [5.74, 6) is 0.602. The Bertz CT molecular complexity index is 1010. The van der Waals surface area contributed by atoms with Crippen LogP contribution in [0.2, 0.25) is 0 Å². The molecule has 0 aliphatic carbocycles. The number of benzene rings is 3. The summed E-state index contributed by atoms with van der Waals surface area (Å²) in [6.07, 6.45) is 1.32. The Hall–Kier alpha value is -3.01. The van der Waals surface area contributed by atoms with E-state index in [2.05, 4.69) is 31.2 Å². The number of aromatic hydroxyl groups is 1. The maximum Gasteiger partial charge on any atom is 0.227 e. The molecule has 1 heterocycles. The molecule has 4 rings (SSSR count). The summed E-state index contributed by atoms with van der Waals surface area (Å²) in [7, 11) is 1.54. The normalized spacial score (nSPS) is 16.4. The van der Waals surface area contributed by atoms with Crippen LogP contribution >= 0.6 is 0 Å². The number of phenolic OH excluding ortho intramolecular Hbond substituents is 1. The predicted octanol–water partition coefficient (Wildman–Crippen LogP) is 4.83. The zero-order valence-corrected chi connectivity index (χ0v) is 15.6. The second-order valence-electron chi connectivity index (χ2n) is 6.95. The van der Waals surface area contributed by atoms with E-state index in [4.69, 9.17) is 4.74 Å². The highest BCUT2D eigenvalue weighted by Crippen LogP contribution is 2.45. The lowest BCUT2D eigenvalue weighted by atomic mass is 9.81. The highest BCUT2D eigenvalue weighted by atomic mass is 16.5. The van der Waals surface area contributed by atoms with Crippen molar-refractivity contribution in [2.45, 2.75) is 25.7 Å². The molecule has 1 atom stereocenters. The quantitative estimate of drug-likeness (QED) is 0.724. The monoisotopic (exact) mass is 361 g/mol. The fourth-order valence-electron chi connectivity index (χ4n) is 4.07. The zero-order chi connectivity index (χ0) is 19.0. The lowest BCUT2D eigenvalue weighted by molar-refractivity contribution is -0.119. The SMILES string of the molecule is CCCN1C(=O)CC(c2ccc(O)c(OC)c2)c2c1ccc1ccccc21. The molecule has 1 amide bonds. The fraction of sp³-hybridized carbons (Fsp3) is 0.261. The first-order valence-electron chi connectivity index (χ1n) is 9.33. The van der Waals surface area contributed by atoms with E-state index in [0.717, 1.165) is 29.6 Å². The van der Waals surface area contributed by atoms with Gasteiger partial charge in [-0.3, -0.25) is 4.79 Å². The molecule has 0 saturated heterocycles. The number of nitrogens with zero attached hydrogens (tertiary/aromatic N) is 1. The van der Waals surface area contributed by atoms with Crippen molar-refractivity contribution in [1.82, 2.24) is 0 Å². The number of fused-ring (bicyclic) bond motifs is 3. The molecule has 0 radical (unpaired) electrons. The van der Waals surface area contributed by atoms with Gasteiger partial charge >= 0.3 is 0 Å². The van der Waals surface area contributed by atoms with E-state index in [9.17, 15) is 9.90 Å². The van der Waals surface area contributed by atoms with Gasteiger partial charge in [-0.05, 0) is 46.5 Å². The molecule has 138 valence electrons. The molecule has 3 aromatic rings. The van der Waals surface area contributed by atoms with Crippen molar-refractivity contribution in [2.24, 2.45) is 0 Å². The van der Waals surface area contributed by atoms with E-state index in [0.29, 0.717) is 12.2 Å². The minimum Gasteiger partial charge on any atom is -0.504 e. The van der Waals surface area contributed by atoms with Crippen molar-refractivity contribution in [3.63, 3.8) is 0 Å². The molecule has 0 spiro atoms. The third kappa shape index (κ3) is 2.91. The molecule has 1 aliphatic rings. The van der Waals surface area contributed by atoms with Crippen LogP contribution in [0.5, 0.6) is 11.5 Å². The third-order valence-corrected chi connectivity index (χ3v) is 5.32. The summed E-state index contributed by atoms with van der Waals surface area (Å²) in [5, 5.41) is 12.3. The molecule has 1 unspecified atom stereocenters. The maximum atomic E-state index is 12.9. The Morgan fingerprint density at radius 3 is 2.74 bits per heavy atom. The summed E-state index contributed by atoms with van der Waals surface area (Å²) in [6, 6.07) is 17.8. The summed E-state index contributed by atoms with van der Waals surface area (Å²) in [4.78, 5) is 14.8. The van der Waals surface area contributed by atoms with Crippen LogP contribution in [0.4, 0.5) is 5.69 Å². The number of hydrogen-bond donors (Lipinski definition) is 1. The summed E-state index contributed by atoms with van der Waals surface area (Å²) >= 11 is 0. The molecule has 1 aliphatic heterocycles. The molecule has 4 nitrogen and oxygen atoms in total. The maximum absolute atomic E-state index is 12.9. The number of anilines is 1. The summed E-state index contributed by atoms with van der Waals surface area (Å²) in [6.45, 7) is 2.81.